The molecule has 11 heavy (non-hydrogen) atoms. The van der Waals surface area contributed by atoms with Crippen molar-refractivity contribution in [1.29, 1.82) is 0 Å². The molecule has 2 rings (SSSR count). The van der Waals surface area contributed by atoms with Crippen LogP contribution in [0.4, 0.5) is 0 Å². The summed E-state index contributed by atoms with van der Waals surface area (Å²) in [4.78, 5) is 0. The summed E-state index contributed by atoms with van der Waals surface area (Å²) in [6.45, 7) is 2.18. The summed E-state index contributed by atoms with van der Waals surface area (Å²) in [6.07, 6.45) is 4.93. The molecule has 0 atom stereocenters. The van der Waals surface area contributed by atoms with Gasteiger partial charge in [-0.15, -0.1) is 0 Å². The molecular weight excluding hydrogens is 319 g/mol. The molecule has 0 saturated heterocycles. The summed E-state index contributed by atoms with van der Waals surface area (Å²) in [7, 11) is 2.11. The molecule has 1 aromatic heterocycles. The van der Waals surface area contributed by atoms with Crippen molar-refractivity contribution in [3.63, 3.8) is 0 Å². The number of rotatable bonds is 1. The molecule has 0 spiro atoms. The number of hydrogen-bond donors (Lipinski definition) is 0. The molecule has 1 aliphatic carbocycles. The van der Waals surface area contributed by atoms with Gasteiger partial charge in [0, 0.05) is 0 Å². The summed E-state index contributed by atoms with van der Waals surface area (Å²) >= 11 is 2.39. The molecule has 1 fully saturated rings. The summed E-state index contributed by atoms with van der Waals surface area (Å²) in [5.41, 5.74) is 1.39. The van der Waals surface area contributed by atoms with Gasteiger partial charge in [-0.05, 0) is 0 Å². The minimum atomic E-state index is 0.809. The SMILES string of the molecule is Cc1cn(C)[c](=[Pt])n1C1CC1. The molecular formula is C8H12N2Pt. The predicted octanol–water partition coefficient (Wildman–Crippen LogP) is 1.55. The Balaban J connectivity index is 2.59. The van der Waals surface area contributed by atoms with Crippen LogP contribution in [0.1, 0.15) is 24.6 Å². The molecule has 1 aromatic rings. The van der Waals surface area contributed by atoms with E-state index in [1.807, 2.05) is 0 Å². The molecule has 0 radical (unpaired) electrons. The Morgan fingerprint density at radius 1 is 1.55 bits per heavy atom. The van der Waals surface area contributed by atoms with Crippen LogP contribution in [0, 0.1) is 10.7 Å². The zero-order chi connectivity index (χ0) is 8.01. The van der Waals surface area contributed by atoms with E-state index in [2.05, 4.69) is 48.7 Å². The molecule has 0 unspecified atom stereocenters. The second kappa shape index (κ2) is 2.45. The molecule has 0 N–H and O–H groups in total. The number of nitrogens with zero attached hydrogens (tertiary/aromatic N) is 2. The van der Waals surface area contributed by atoms with Gasteiger partial charge in [-0.3, -0.25) is 0 Å². The third-order valence-corrected chi connectivity index (χ3v) is 3.47. The van der Waals surface area contributed by atoms with Gasteiger partial charge in [-0.1, -0.05) is 0 Å². The van der Waals surface area contributed by atoms with Gasteiger partial charge in [0.25, 0.3) is 0 Å². The van der Waals surface area contributed by atoms with E-state index in [0.29, 0.717) is 0 Å². The van der Waals surface area contributed by atoms with Crippen LogP contribution in [0.25, 0.3) is 0 Å². The molecule has 3 heteroatoms. The van der Waals surface area contributed by atoms with Gasteiger partial charge >= 0.3 is 77.0 Å². The van der Waals surface area contributed by atoms with Crippen LogP contribution in [0.5, 0.6) is 0 Å². The van der Waals surface area contributed by atoms with E-state index in [-0.39, 0.29) is 0 Å². The Bertz CT molecular complexity index is 330. The first kappa shape index (κ1) is 7.54. The van der Waals surface area contributed by atoms with Crippen molar-refractivity contribution in [3.05, 3.63) is 15.7 Å². The van der Waals surface area contributed by atoms with Gasteiger partial charge in [-0.25, -0.2) is 0 Å². The Kier molecular flexibility index (Phi) is 1.68. The van der Waals surface area contributed by atoms with Gasteiger partial charge < -0.3 is 0 Å². The topological polar surface area (TPSA) is 9.86 Å². The average molecular weight is 331 g/mol. The average Bonchev–Trinajstić information content (AvgIpc) is 2.68. The fraction of sp³-hybridized carbons (Fsp3) is 0.625. The van der Waals surface area contributed by atoms with E-state index in [4.69, 9.17) is 0 Å². The van der Waals surface area contributed by atoms with Crippen LogP contribution in [0.2, 0.25) is 0 Å². The fourth-order valence-electron chi connectivity index (χ4n) is 1.46. The normalized spacial score (nSPS) is 17.5. The third kappa shape index (κ3) is 1.18. The van der Waals surface area contributed by atoms with E-state index in [1.165, 1.54) is 22.3 Å². The van der Waals surface area contributed by atoms with Gasteiger partial charge in [-0.2, -0.15) is 0 Å². The van der Waals surface area contributed by atoms with Crippen molar-refractivity contribution in [3.8, 4) is 0 Å². The molecule has 1 heterocycles. The molecule has 1 saturated carbocycles. The fourth-order valence-corrected chi connectivity index (χ4v) is 2.42. The Morgan fingerprint density at radius 3 is 2.55 bits per heavy atom. The number of aryl methyl sites for hydroxylation is 2. The molecule has 2 nitrogen and oxygen atoms in total. The van der Waals surface area contributed by atoms with Crippen molar-refractivity contribution in [2.45, 2.75) is 25.8 Å². The Morgan fingerprint density at radius 2 is 2.18 bits per heavy atom. The minimum absolute atomic E-state index is 0.809. The van der Waals surface area contributed by atoms with Crippen LogP contribution in [0.3, 0.4) is 0 Å². The summed E-state index contributed by atoms with van der Waals surface area (Å²) < 4.78 is 5.97. The van der Waals surface area contributed by atoms with Gasteiger partial charge in [0.05, 0.1) is 0 Å². The number of imidazole rings is 1. The van der Waals surface area contributed by atoms with E-state index < -0.39 is 0 Å². The maximum atomic E-state index is 2.43. The monoisotopic (exact) mass is 331 g/mol. The quantitative estimate of drug-likeness (QED) is 0.739. The van der Waals surface area contributed by atoms with Crippen LogP contribution >= 0.6 is 0 Å². The van der Waals surface area contributed by atoms with Gasteiger partial charge in [0.2, 0.25) is 0 Å². The first-order valence-corrected chi connectivity index (χ1v) is 5.03. The van der Waals surface area contributed by atoms with E-state index in [0.717, 1.165) is 6.04 Å². The van der Waals surface area contributed by atoms with E-state index in [1.54, 1.807) is 0 Å². The van der Waals surface area contributed by atoms with Crippen LogP contribution in [0.15, 0.2) is 6.20 Å². The summed E-state index contributed by atoms with van der Waals surface area (Å²) in [5, 5.41) is 0. The van der Waals surface area contributed by atoms with Crippen molar-refractivity contribution in [2.24, 2.45) is 7.05 Å². The van der Waals surface area contributed by atoms with Crippen LogP contribution in [-0.2, 0) is 26.4 Å². The standard InChI is InChI=1S/C8H12N2.Pt/c1-7-5-9(2)6-10(7)8-3-4-8;/h5,8H,3-4H2,1-2H3;. The number of aromatic nitrogens is 2. The van der Waals surface area contributed by atoms with Crippen molar-refractivity contribution in [1.82, 2.24) is 9.13 Å². The van der Waals surface area contributed by atoms with Crippen LogP contribution < -0.4 is 0 Å². The zero-order valence-electron chi connectivity index (χ0n) is 6.78. The second-order valence-corrected chi connectivity index (χ2v) is 4.24. The maximum absolute atomic E-state index is 2.43. The van der Waals surface area contributed by atoms with Gasteiger partial charge in [0.15, 0.2) is 0 Å². The first-order chi connectivity index (χ1) is 5.20. The molecule has 0 bridgehead atoms. The van der Waals surface area contributed by atoms with E-state index in [9.17, 15) is 0 Å². The van der Waals surface area contributed by atoms with Crippen LogP contribution in [-0.4, -0.2) is 9.13 Å². The summed E-state index contributed by atoms with van der Waals surface area (Å²) in [6, 6.07) is 0.809. The van der Waals surface area contributed by atoms with E-state index >= 15 is 0 Å². The van der Waals surface area contributed by atoms with Crippen molar-refractivity contribution >= 4 is 0 Å². The Labute approximate surface area is 77.3 Å². The van der Waals surface area contributed by atoms with Crippen molar-refractivity contribution < 1.29 is 19.4 Å². The first-order valence-electron chi connectivity index (χ1n) is 3.90. The number of hydrogen-bond acceptors (Lipinski definition) is 0. The third-order valence-electron chi connectivity index (χ3n) is 2.13. The van der Waals surface area contributed by atoms with Gasteiger partial charge in [0.1, 0.15) is 0 Å². The van der Waals surface area contributed by atoms with Crippen molar-refractivity contribution in [2.75, 3.05) is 0 Å². The molecule has 64 valence electrons. The zero-order valence-corrected chi connectivity index (χ0v) is 9.05. The molecule has 0 aromatic carbocycles. The summed E-state index contributed by atoms with van der Waals surface area (Å²) in [5.74, 6) is 0. The second-order valence-electron chi connectivity index (χ2n) is 3.22. The Hall–Kier alpha value is -0.102. The molecule has 1 aliphatic rings. The molecule has 0 aliphatic heterocycles. The predicted molar refractivity (Wildman–Crippen MR) is 39.7 cm³/mol. The molecule has 0 amide bonds.